The maximum absolute atomic E-state index is 13.7. The fourth-order valence-corrected chi connectivity index (χ4v) is 2.86. The van der Waals surface area contributed by atoms with Crippen LogP contribution >= 0.6 is 0 Å². The average Bonchev–Trinajstić information content (AvgIpc) is 3.33. The van der Waals surface area contributed by atoms with Gasteiger partial charge >= 0.3 is 0 Å². The number of nitrogens with zero attached hydrogens (tertiary/aromatic N) is 3. The molecule has 2 aliphatic rings. The van der Waals surface area contributed by atoms with Gasteiger partial charge in [0.2, 0.25) is 11.8 Å². The van der Waals surface area contributed by atoms with Crippen LogP contribution in [0.3, 0.4) is 0 Å². The number of ether oxygens (including phenoxy) is 1. The van der Waals surface area contributed by atoms with Crippen molar-refractivity contribution in [1.82, 2.24) is 14.9 Å². The molecule has 4 rings (SSSR count). The molecule has 1 saturated carbocycles. The van der Waals surface area contributed by atoms with Gasteiger partial charge in [-0.1, -0.05) is 18.2 Å². The molecule has 1 N–H and O–H groups in total. The summed E-state index contributed by atoms with van der Waals surface area (Å²) in [5, 5.41) is 3.18. The lowest BCUT2D eigenvalue weighted by Crippen LogP contribution is -2.31. The number of benzene rings is 1. The highest BCUT2D eigenvalue weighted by Crippen LogP contribution is 2.27. The summed E-state index contributed by atoms with van der Waals surface area (Å²) in [5.74, 6) is -0.210. The maximum atomic E-state index is 13.7. The monoisotopic (exact) mass is 342 g/mol. The summed E-state index contributed by atoms with van der Waals surface area (Å²) in [7, 11) is 0. The van der Waals surface area contributed by atoms with Crippen molar-refractivity contribution in [2.45, 2.75) is 31.4 Å². The Hall–Kier alpha value is -2.70. The van der Waals surface area contributed by atoms with Gasteiger partial charge in [0.05, 0.1) is 6.20 Å². The molecule has 6 nitrogen and oxygen atoms in total. The van der Waals surface area contributed by atoms with Gasteiger partial charge in [0, 0.05) is 24.7 Å². The summed E-state index contributed by atoms with van der Waals surface area (Å²) in [6.07, 6.45) is 3.85. The van der Waals surface area contributed by atoms with E-state index in [4.69, 9.17) is 4.74 Å². The van der Waals surface area contributed by atoms with E-state index in [-0.39, 0.29) is 23.9 Å². The Morgan fingerprint density at radius 1 is 1.24 bits per heavy atom. The van der Waals surface area contributed by atoms with Gasteiger partial charge < -0.3 is 15.0 Å². The zero-order valence-electron chi connectivity index (χ0n) is 13.7. The van der Waals surface area contributed by atoms with E-state index in [1.54, 1.807) is 4.90 Å². The van der Waals surface area contributed by atoms with Gasteiger partial charge in [-0.3, -0.25) is 4.79 Å². The van der Waals surface area contributed by atoms with Crippen molar-refractivity contribution in [3.05, 3.63) is 47.9 Å². The molecule has 7 heteroatoms. The quantitative estimate of drug-likeness (QED) is 0.904. The maximum Gasteiger partial charge on any atom is 0.255 e. The molecule has 0 spiro atoms. The number of carbonyl (C=O) groups is 1. The van der Waals surface area contributed by atoms with E-state index in [1.807, 2.05) is 30.3 Å². The molecule has 1 saturated heterocycles. The molecule has 2 heterocycles. The fourth-order valence-electron chi connectivity index (χ4n) is 2.86. The van der Waals surface area contributed by atoms with Crippen molar-refractivity contribution in [2.24, 2.45) is 0 Å². The summed E-state index contributed by atoms with van der Waals surface area (Å²) in [6, 6.07) is 9.26. The van der Waals surface area contributed by atoms with Crippen LogP contribution in [-0.4, -0.2) is 46.0 Å². The molecule has 1 atom stereocenters. The number of amides is 1. The average molecular weight is 342 g/mol. The molecule has 0 radical (unpaired) electrons. The van der Waals surface area contributed by atoms with Gasteiger partial charge in [-0.05, 0) is 31.4 Å². The molecule has 130 valence electrons. The number of hydrogen-bond acceptors (Lipinski definition) is 5. The van der Waals surface area contributed by atoms with E-state index in [0.29, 0.717) is 24.6 Å². The molecule has 1 amide bonds. The SMILES string of the molecule is O=C(c1ccccc1)N1CCC(Nc2ncc(F)c(OC3CC3)n2)C1. The second-order valence-corrected chi connectivity index (χ2v) is 6.41. The van der Waals surface area contributed by atoms with E-state index in [2.05, 4.69) is 15.3 Å². The third kappa shape index (κ3) is 3.70. The predicted molar refractivity (Wildman–Crippen MR) is 90.0 cm³/mol. The summed E-state index contributed by atoms with van der Waals surface area (Å²) < 4.78 is 19.1. The van der Waals surface area contributed by atoms with Crippen LogP contribution in [0.5, 0.6) is 5.88 Å². The van der Waals surface area contributed by atoms with Gasteiger partial charge in [-0.2, -0.15) is 9.37 Å². The molecule has 1 aliphatic carbocycles. The lowest BCUT2D eigenvalue weighted by molar-refractivity contribution is 0.0791. The van der Waals surface area contributed by atoms with Crippen LogP contribution < -0.4 is 10.1 Å². The Bertz CT molecular complexity index is 767. The van der Waals surface area contributed by atoms with Crippen LogP contribution in [-0.2, 0) is 0 Å². The van der Waals surface area contributed by atoms with Crippen molar-refractivity contribution in [1.29, 1.82) is 0 Å². The second-order valence-electron chi connectivity index (χ2n) is 6.41. The number of likely N-dealkylation sites (tertiary alicyclic amines) is 1. The number of nitrogens with one attached hydrogen (secondary N) is 1. The smallest absolute Gasteiger partial charge is 0.255 e. The first-order valence-electron chi connectivity index (χ1n) is 8.49. The molecule has 1 aliphatic heterocycles. The fraction of sp³-hybridized carbons (Fsp3) is 0.389. The van der Waals surface area contributed by atoms with Crippen LogP contribution in [0.4, 0.5) is 10.3 Å². The third-order valence-electron chi connectivity index (χ3n) is 4.34. The largest absolute Gasteiger partial charge is 0.472 e. The van der Waals surface area contributed by atoms with E-state index in [0.717, 1.165) is 25.5 Å². The van der Waals surface area contributed by atoms with Crippen molar-refractivity contribution < 1.29 is 13.9 Å². The van der Waals surface area contributed by atoms with Crippen molar-refractivity contribution in [3.8, 4) is 5.88 Å². The molecule has 1 aromatic heterocycles. The zero-order chi connectivity index (χ0) is 17.2. The minimum atomic E-state index is -0.551. The summed E-state index contributed by atoms with van der Waals surface area (Å²) in [4.78, 5) is 22.4. The number of hydrogen-bond donors (Lipinski definition) is 1. The van der Waals surface area contributed by atoms with Gasteiger partial charge in [-0.25, -0.2) is 4.98 Å². The Morgan fingerprint density at radius 3 is 2.80 bits per heavy atom. The van der Waals surface area contributed by atoms with Crippen LogP contribution in [0, 0.1) is 5.82 Å². The molecule has 2 aromatic rings. The highest BCUT2D eigenvalue weighted by atomic mass is 19.1. The summed E-state index contributed by atoms with van der Waals surface area (Å²) >= 11 is 0. The van der Waals surface area contributed by atoms with E-state index >= 15 is 0 Å². The van der Waals surface area contributed by atoms with Crippen LogP contribution in [0.15, 0.2) is 36.5 Å². The second kappa shape index (κ2) is 6.66. The molecular weight excluding hydrogens is 323 g/mol. The Balaban J connectivity index is 1.38. The Kier molecular flexibility index (Phi) is 4.21. The first kappa shape index (κ1) is 15.8. The number of anilines is 1. The summed E-state index contributed by atoms with van der Waals surface area (Å²) in [5.41, 5.74) is 0.682. The van der Waals surface area contributed by atoms with Crippen LogP contribution in [0.1, 0.15) is 29.6 Å². The van der Waals surface area contributed by atoms with Crippen LogP contribution in [0.2, 0.25) is 0 Å². The molecular formula is C18H19FN4O2. The zero-order valence-corrected chi connectivity index (χ0v) is 13.7. The minimum absolute atomic E-state index is 0.00443. The molecule has 1 aromatic carbocycles. The van der Waals surface area contributed by atoms with Gasteiger partial charge in [0.25, 0.3) is 11.8 Å². The number of aromatic nitrogens is 2. The number of rotatable bonds is 5. The molecule has 2 fully saturated rings. The van der Waals surface area contributed by atoms with Crippen LogP contribution in [0.25, 0.3) is 0 Å². The summed E-state index contributed by atoms with van der Waals surface area (Å²) in [6.45, 7) is 1.23. The Labute approximate surface area is 145 Å². The van der Waals surface area contributed by atoms with E-state index in [1.165, 1.54) is 0 Å². The standard InChI is InChI=1S/C18H19FN4O2/c19-15-10-20-18(22-16(15)25-14-6-7-14)21-13-8-9-23(11-13)17(24)12-4-2-1-3-5-12/h1-5,10,13-14H,6-9,11H2,(H,20,21,22). The highest BCUT2D eigenvalue weighted by molar-refractivity contribution is 5.94. The Morgan fingerprint density at radius 2 is 2.04 bits per heavy atom. The number of carbonyl (C=O) groups excluding carboxylic acids is 1. The van der Waals surface area contributed by atoms with Crippen molar-refractivity contribution in [3.63, 3.8) is 0 Å². The minimum Gasteiger partial charge on any atom is -0.472 e. The van der Waals surface area contributed by atoms with Gasteiger partial charge in [0.15, 0.2) is 0 Å². The normalized spacial score (nSPS) is 19.7. The highest BCUT2D eigenvalue weighted by Gasteiger charge is 2.28. The third-order valence-corrected chi connectivity index (χ3v) is 4.34. The lowest BCUT2D eigenvalue weighted by atomic mass is 10.2. The predicted octanol–water partition coefficient (Wildman–Crippen LogP) is 2.48. The first-order valence-corrected chi connectivity index (χ1v) is 8.49. The number of halogens is 1. The molecule has 1 unspecified atom stereocenters. The van der Waals surface area contributed by atoms with Gasteiger partial charge in [0.1, 0.15) is 6.10 Å². The lowest BCUT2D eigenvalue weighted by Gasteiger charge is -2.17. The first-order chi connectivity index (χ1) is 12.2. The van der Waals surface area contributed by atoms with Crippen molar-refractivity contribution >= 4 is 11.9 Å². The molecule has 0 bridgehead atoms. The topological polar surface area (TPSA) is 67.4 Å². The van der Waals surface area contributed by atoms with E-state index in [9.17, 15) is 9.18 Å². The van der Waals surface area contributed by atoms with Gasteiger partial charge in [-0.15, -0.1) is 0 Å². The molecule has 25 heavy (non-hydrogen) atoms. The van der Waals surface area contributed by atoms with E-state index < -0.39 is 5.82 Å². The van der Waals surface area contributed by atoms with Crippen molar-refractivity contribution in [2.75, 3.05) is 18.4 Å².